The molecule has 4 rings (SSSR count). The van der Waals surface area contributed by atoms with Gasteiger partial charge in [-0.2, -0.15) is 37.5 Å². The number of hydrogen-bond acceptors (Lipinski definition) is 0. The molecule has 0 nitrogen and oxygen atoms in total. The van der Waals surface area contributed by atoms with Crippen LogP contribution in [0.25, 0.3) is 21.9 Å². The average molecular weight is 598 g/mol. The van der Waals surface area contributed by atoms with Crippen LogP contribution in [-0.2, 0) is 35.7 Å². The number of allylic oxidation sites excluding steroid dienone is 4. The summed E-state index contributed by atoms with van der Waals surface area (Å²) in [6, 6.07) is 11.7. The van der Waals surface area contributed by atoms with Gasteiger partial charge in [-0.1, -0.05) is 50.5 Å². The zero-order valence-electron chi connectivity index (χ0n) is 21.0. The summed E-state index contributed by atoms with van der Waals surface area (Å²) in [6.45, 7) is 13.3. The maximum atomic E-state index is 12.9. The van der Waals surface area contributed by atoms with Crippen LogP contribution in [0, 0.1) is 12.0 Å². The quantitative estimate of drug-likeness (QED) is 0.149. The van der Waals surface area contributed by atoms with Gasteiger partial charge in [0.2, 0.25) is 0 Å². The van der Waals surface area contributed by atoms with Crippen LogP contribution in [0.1, 0.15) is 38.8 Å². The fraction of sp³-hybridized carbons (Fsp3) is 0.321. The number of benzene rings is 2. The van der Waals surface area contributed by atoms with E-state index in [1.165, 1.54) is 22.8 Å². The Hall–Kier alpha value is -1.79. The standard InChI is InChI=1S/C17H9F6.C9H13.C2H6Si.Zr/c18-16(19,20)12-7-11(8-13(9-12)17(21,22)23)15-6-5-10-3-1-2-4-14(10)15;1-6-5-7(2)9(4)8(6)3;1-3-2;/h1-9H;6H,1-4H3;1-2H3;/q2*-1;;+2. The van der Waals surface area contributed by atoms with Gasteiger partial charge in [0.15, 0.2) is 0 Å². The first kappa shape index (κ1) is 30.4. The Balaban J connectivity index is 0.000000290. The van der Waals surface area contributed by atoms with Crippen molar-refractivity contribution in [3.63, 3.8) is 0 Å². The van der Waals surface area contributed by atoms with Crippen LogP contribution in [0.2, 0.25) is 13.1 Å². The number of alkyl halides is 6. The maximum Gasteiger partial charge on any atom is 0.416 e. The molecule has 0 amide bonds. The summed E-state index contributed by atoms with van der Waals surface area (Å²) in [5.74, 6) is 0.560. The van der Waals surface area contributed by atoms with E-state index >= 15 is 0 Å². The first-order valence-electron chi connectivity index (χ1n) is 11.3. The molecule has 0 radical (unpaired) electrons. The molecule has 0 bridgehead atoms. The predicted molar refractivity (Wildman–Crippen MR) is 132 cm³/mol. The monoisotopic (exact) mass is 596 g/mol. The third-order valence-corrected chi connectivity index (χ3v) is 5.82. The van der Waals surface area contributed by atoms with E-state index in [0.717, 1.165) is 17.5 Å². The Bertz CT molecular complexity index is 1260. The molecule has 3 aromatic carbocycles. The van der Waals surface area contributed by atoms with Gasteiger partial charge in [-0.05, 0) is 6.07 Å². The number of hydrogen-bond donors (Lipinski definition) is 0. The van der Waals surface area contributed by atoms with Crippen LogP contribution in [0.15, 0.2) is 71.3 Å². The number of rotatable bonds is 1. The molecular weight excluding hydrogens is 570 g/mol. The van der Waals surface area contributed by atoms with Gasteiger partial charge in [0.05, 0.1) is 11.1 Å². The molecule has 0 spiro atoms. The molecule has 0 saturated carbocycles. The molecule has 1 unspecified atom stereocenters. The molecule has 1 atom stereocenters. The van der Waals surface area contributed by atoms with Crippen LogP contribution < -0.4 is 0 Å². The van der Waals surface area contributed by atoms with Crippen LogP contribution in [0.4, 0.5) is 26.3 Å². The predicted octanol–water partition coefficient (Wildman–Crippen LogP) is 9.77. The summed E-state index contributed by atoms with van der Waals surface area (Å²) in [5.41, 5.74) is 2.07. The zero-order valence-corrected chi connectivity index (χ0v) is 24.5. The van der Waals surface area contributed by atoms with Gasteiger partial charge in [0.1, 0.15) is 0 Å². The summed E-state index contributed by atoms with van der Waals surface area (Å²) in [5, 5.41) is 1.37. The van der Waals surface area contributed by atoms with Crippen molar-refractivity contribution < 1.29 is 49.7 Å². The SMILES string of the molecule is CC1=[C-]C(C)C(C)=C1C.C[Si](C)=[Zr+2].FC(F)(F)c1cc(-c2c[cH-]c3ccccc23)cc(C(F)(F)F)c1. The molecule has 0 saturated heterocycles. The van der Waals surface area contributed by atoms with Crippen molar-refractivity contribution >= 4 is 16.2 Å². The second-order valence-electron chi connectivity index (χ2n) is 8.93. The summed E-state index contributed by atoms with van der Waals surface area (Å²) >= 11 is 1.74. The van der Waals surface area contributed by atoms with E-state index in [1.807, 2.05) is 0 Å². The molecule has 1 aliphatic rings. The fourth-order valence-electron chi connectivity index (χ4n) is 3.67. The summed E-state index contributed by atoms with van der Waals surface area (Å²) in [6.07, 6.45) is -6.34. The molecule has 36 heavy (non-hydrogen) atoms. The normalized spacial score (nSPS) is 15.7. The minimum atomic E-state index is -4.85. The average Bonchev–Trinajstić information content (AvgIpc) is 3.29. The zero-order chi connectivity index (χ0) is 27.4. The Morgan fingerprint density at radius 3 is 1.78 bits per heavy atom. The van der Waals surface area contributed by atoms with Gasteiger partial charge >= 0.3 is 54.2 Å². The second kappa shape index (κ2) is 12.2. The van der Waals surface area contributed by atoms with Gasteiger partial charge in [-0.3, -0.25) is 6.08 Å². The number of fused-ring (bicyclic) bond motifs is 1. The van der Waals surface area contributed by atoms with E-state index in [0.29, 0.717) is 16.9 Å². The van der Waals surface area contributed by atoms with Crippen LogP contribution in [0.3, 0.4) is 0 Å². The summed E-state index contributed by atoms with van der Waals surface area (Å²) in [7, 11) is 0. The van der Waals surface area contributed by atoms with Gasteiger partial charge in [0.25, 0.3) is 0 Å². The molecule has 190 valence electrons. The third kappa shape index (κ3) is 8.11. The molecule has 0 N–H and O–H groups in total. The van der Waals surface area contributed by atoms with Crippen molar-refractivity contribution in [1.29, 1.82) is 0 Å². The van der Waals surface area contributed by atoms with E-state index in [1.54, 1.807) is 53.7 Å². The van der Waals surface area contributed by atoms with Crippen molar-refractivity contribution in [3.8, 4) is 11.1 Å². The van der Waals surface area contributed by atoms with Crippen molar-refractivity contribution in [2.24, 2.45) is 5.92 Å². The minimum absolute atomic E-state index is 0.103. The topological polar surface area (TPSA) is 0 Å². The molecule has 1 aliphatic carbocycles. The van der Waals surface area contributed by atoms with Crippen molar-refractivity contribution in [3.05, 3.63) is 88.5 Å². The van der Waals surface area contributed by atoms with E-state index in [-0.39, 0.29) is 17.1 Å². The van der Waals surface area contributed by atoms with E-state index in [9.17, 15) is 26.3 Å². The van der Waals surface area contributed by atoms with Gasteiger partial charge in [-0.25, -0.2) is 5.57 Å². The second-order valence-corrected chi connectivity index (χ2v) is 18.3. The van der Waals surface area contributed by atoms with Crippen LogP contribution in [0.5, 0.6) is 0 Å². The summed E-state index contributed by atoms with van der Waals surface area (Å²) in [4.78, 5) is 0. The Morgan fingerprint density at radius 2 is 1.39 bits per heavy atom. The van der Waals surface area contributed by atoms with Gasteiger partial charge in [0, 0.05) is 0 Å². The molecule has 0 aromatic heterocycles. The Morgan fingerprint density at radius 1 is 0.889 bits per heavy atom. The van der Waals surface area contributed by atoms with E-state index in [4.69, 9.17) is 0 Å². The van der Waals surface area contributed by atoms with Crippen molar-refractivity contribution in [1.82, 2.24) is 0 Å². The van der Waals surface area contributed by atoms with Gasteiger partial charge < -0.3 is 0 Å². The molecule has 0 heterocycles. The molecule has 8 heteroatoms. The van der Waals surface area contributed by atoms with Crippen molar-refractivity contribution in [2.45, 2.75) is 53.1 Å². The van der Waals surface area contributed by atoms with Crippen molar-refractivity contribution in [2.75, 3.05) is 0 Å². The number of halogens is 6. The molecule has 0 fully saturated rings. The first-order chi connectivity index (χ1) is 16.5. The maximum absolute atomic E-state index is 12.9. The largest absolute Gasteiger partial charge is 0.416 e. The first-order valence-corrected chi connectivity index (χ1v) is 17.4. The van der Waals surface area contributed by atoms with Crippen LogP contribution >= 0.6 is 0 Å². The Kier molecular flexibility index (Phi) is 10.3. The minimum Gasteiger partial charge on any atom is -0.166 e. The summed E-state index contributed by atoms with van der Waals surface area (Å²) < 4.78 is 77.5. The van der Waals surface area contributed by atoms with Crippen LogP contribution in [-0.4, -0.2) is 5.43 Å². The fourth-order valence-corrected chi connectivity index (χ4v) is 3.67. The molecule has 3 aromatic rings. The Labute approximate surface area is 223 Å². The molecular formula is C28H28F6SiZr. The molecule has 0 aliphatic heterocycles. The van der Waals surface area contributed by atoms with E-state index < -0.39 is 23.5 Å². The smallest absolute Gasteiger partial charge is 0.166 e. The van der Waals surface area contributed by atoms with E-state index in [2.05, 4.69) is 46.9 Å². The third-order valence-electron chi connectivity index (χ3n) is 5.82. The van der Waals surface area contributed by atoms with Gasteiger partial charge in [-0.15, -0.1) is 53.6 Å².